The molecule has 2 amide bonds. The second kappa shape index (κ2) is 10.1. The quantitative estimate of drug-likeness (QED) is 0.530. The van der Waals surface area contributed by atoms with Crippen LogP contribution in [-0.2, 0) is 14.4 Å². The topological polar surface area (TPSA) is 98.7 Å². The molecule has 0 aliphatic heterocycles. The summed E-state index contributed by atoms with van der Waals surface area (Å²) in [7, 11) is 1.52. The Labute approximate surface area is 126 Å². The van der Waals surface area contributed by atoms with E-state index in [4.69, 9.17) is 5.11 Å². The number of hydrogen-bond donors (Lipinski definition) is 3. The van der Waals surface area contributed by atoms with Gasteiger partial charge in [-0.2, -0.15) is 0 Å². The van der Waals surface area contributed by atoms with Crippen molar-refractivity contribution in [3.8, 4) is 0 Å². The Hall–Kier alpha value is -1.63. The largest absolute Gasteiger partial charge is 0.480 e. The molecule has 7 nitrogen and oxygen atoms in total. The number of carboxylic acids is 1. The molecule has 0 aliphatic rings. The van der Waals surface area contributed by atoms with Crippen LogP contribution in [0.2, 0.25) is 0 Å². The first-order chi connectivity index (χ1) is 9.77. The molecule has 0 bridgehead atoms. The summed E-state index contributed by atoms with van der Waals surface area (Å²) >= 11 is 0. The third-order valence-corrected chi connectivity index (χ3v) is 2.88. The van der Waals surface area contributed by atoms with Gasteiger partial charge in [0.1, 0.15) is 6.04 Å². The Morgan fingerprint density at radius 3 is 2.33 bits per heavy atom. The van der Waals surface area contributed by atoms with E-state index < -0.39 is 12.0 Å². The lowest BCUT2D eigenvalue weighted by molar-refractivity contribution is -0.140. The number of amides is 2. The first kappa shape index (κ1) is 19.4. The number of carbonyl (C=O) groups is 3. The van der Waals surface area contributed by atoms with E-state index in [0.717, 1.165) is 6.42 Å². The maximum absolute atomic E-state index is 11.9. The fraction of sp³-hybridized carbons (Fsp3) is 0.786. The SMILES string of the molecule is CCCNC(=O)CN(C)C(=O)CNC(CC(C)C)C(=O)O. The molecule has 0 saturated heterocycles. The van der Waals surface area contributed by atoms with E-state index in [1.807, 2.05) is 20.8 Å². The van der Waals surface area contributed by atoms with Crippen molar-refractivity contribution in [1.82, 2.24) is 15.5 Å². The Kier molecular flexibility index (Phi) is 9.36. The van der Waals surface area contributed by atoms with Gasteiger partial charge in [0, 0.05) is 13.6 Å². The van der Waals surface area contributed by atoms with Gasteiger partial charge in [-0.3, -0.25) is 19.7 Å². The highest BCUT2D eigenvalue weighted by atomic mass is 16.4. The van der Waals surface area contributed by atoms with E-state index in [0.29, 0.717) is 13.0 Å². The summed E-state index contributed by atoms with van der Waals surface area (Å²) in [4.78, 5) is 35.7. The predicted octanol–water partition coefficient (Wildman–Crippen LogP) is 0.0599. The van der Waals surface area contributed by atoms with E-state index in [1.165, 1.54) is 11.9 Å². The Morgan fingerprint density at radius 2 is 1.86 bits per heavy atom. The summed E-state index contributed by atoms with van der Waals surface area (Å²) in [5.74, 6) is -1.28. The van der Waals surface area contributed by atoms with Gasteiger partial charge in [-0.15, -0.1) is 0 Å². The van der Waals surface area contributed by atoms with Crippen molar-refractivity contribution in [2.24, 2.45) is 5.92 Å². The zero-order chi connectivity index (χ0) is 16.4. The van der Waals surface area contributed by atoms with E-state index >= 15 is 0 Å². The molecule has 3 N–H and O–H groups in total. The highest BCUT2D eigenvalue weighted by Gasteiger charge is 2.20. The summed E-state index contributed by atoms with van der Waals surface area (Å²) in [5.41, 5.74) is 0. The maximum Gasteiger partial charge on any atom is 0.320 e. The number of aliphatic carboxylic acids is 1. The van der Waals surface area contributed by atoms with Crippen molar-refractivity contribution in [2.45, 2.75) is 39.7 Å². The number of likely N-dealkylation sites (N-methyl/N-ethyl adjacent to an activating group) is 1. The monoisotopic (exact) mass is 301 g/mol. The molecule has 1 unspecified atom stereocenters. The summed E-state index contributed by atoms with van der Waals surface area (Å²) < 4.78 is 0. The molecule has 0 aromatic carbocycles. The predicted molar refractivity (Wildman–Crippen MR) is 79.8 cm³/mol. The summed E-state index contributed by atoms with van der Waals surface area (Å²) in [6.07, 6.45) is 1.28. The van der Waals surface area contributed by atoms with Crippen LogP contribution in [0, 0.1) is 5.92 Å². The Bertz CT molecular complexity index is 358. The number of carbonyl (C=O) groups excluding carboxylic acids is 2. The first-order valence-corrected chi connectivity index (χ1v) is 7.24. The molecular weight excluding hydrogens is 274 g/mol. The highest BCUT2D eigenvalue weighted by Crippen LogP contribution is 2.04. The summed E-state index contributed by atoms with van der Waals surface area (Å²) in [6.45, 7) is 6.24. The molecule has 122 valence electrons. The van der Waals surface area contributed by atoms with E-state index in [-0.39, 0.29) is 30.8 Å². The molecule has 0 fully saturated rings. The lowest BCUT2D eigenvalue weighted by atomic mass is 10.0. The van der Waals surface area contributed by atoms with Crippen molar-refractivity contribution in [3.63, 3.8) is 0 Å². The van der Waals surface area contributed by atoms with Crippen LogP contribution in [0.15, 0.2) is 0 Å². The van der Waals surface area contributed by atoms with Crippen molar-refractivity contribution in [1.29, 1.82) is 0 Å². The van der Waals surface area contributed by atoms with E-state index in [1.54, 1.807) is 0 Å². The van der Waals surface area contributed by atoms with E-state index in [2.05, 4.69) is 10.6 Å². The molecule has 0 aliphatic carbocycles. The standard InChI is InChI=1S/C14H27N3O4/c1-5-6-15-12(18)9-17(4)13(19)8-16-11(14(20)21)7-10(2)3/h10-11,16H,5-9H2,1-4H3,(H,15,18)(H,20,21). The maximum atomic E-state index is 11.9. The number of hydrogen-bond acceptors (Lipinski definition) is 4. The van der Waals surface area contributed by atoms with Gasteiger partial charge in [0.05, 0.1) is 13.1 Å². The average Bonchev–Trinajstić information content (AvgIpc) is 2.39. The molecule has 0 saturated carbocycles. The third-order valence-electron chi connectivity index (χ3n) is 2.88. The second-order valence-corrected chi connectivity index (χ2v) is 5.50. The van der Waals surface area contributed by atoms with Gasteiger partial charge in [0.2, 0.25) is 11.8 Å². The fourth-order valence-corrected chi connectivity index (χ4v) is 1.71. The molecule has 21 heavy (non-hydrogen) atoms. The van der Waals surface area contributed by atoms with Gasteiger partial charge in [-0.05, 0) is 18.8 Å². The van der Waals surface area contributed by atoms with Crippen LogP contribution in [0.25, 0.3) is 0 Å². The lowest BCUT2D eigenvalue weighted by Gasteiger charge is -2.20. The van der Waals surface area contributed by atoms with Crippen LogP contribution in [0.4, 0.5) is 0 Å². The summed E-state index contributed by atoms with van der Waals surface area (Å²) in [6, 6.07) is -0.753. The Balaban J connectivity index is 4.21. The second-order valence-electron chi connectivity index (χ2n) is 5.50. The van der Waals surface area contributed by atoms with Gasteiger partial charge in [0.25, 0.3) is 0 Å². The normalized spacial score (nSPS) is 12.0. The van der Waals surface area contributed by atoms with Crippen LogP contribution in [0.5, 0.6) is 0 Å². The number of carboxylic acid groups (broad SMARTS) is 1. The van der Waals surface area contributed by atoms with Crippen molar-refractivity contribution in [2.75, 3.05) is 26.7 Å². The van der Waals surface area contributed by atoms with Crippen molar-refractivity contribution < 1.29 is 19.5 Å². The molecular formula is C14H27N3O4. The highest BCUT2D eigenvalue weighted by molar-refractivity contribution is 5.85. The van der Waals surface area contributed by atoms with Gasteiger partial charge < -0.3 is 15.3 Å². The van der Waals surface area contributed by atoms with Gasteiger partial charge in [0.15, 0.2) is 0 Å². The molecule has 7 heteroatoms. The van der Waals surface area contributed by atoms with Crippen LogP contribution < -0.4 is 10.6 Å². The molecule has 1 atom stereocenters. The van der Waals surface area contributed by atoms with Gasteiger partial charge in [-0.1, -0.05) is 20.8 Å². The van der Waals surface area contributed by atoms with Crippen LogP contribution in [0.3, 0.4) is 0 Å². The molecule has 0 radical (unpaired) electrons. The molecule has 0 heterocycles. The number of nitrogens with zero attached hydrogens (tertiary/aromatic N) is 1. The van der Waals surface area contributed by atoms with E-state index in [9.17, 15) is 14.4 Å². The molecule has 0 aromatic heterocycles. The van der Waals surface area contributed by atoms with Gasteiger partial charge in [-0.25, -0.2) is 0 Å². The van der Waals surface area contributed by atoms with Crippen LogP contribution in [0.1, 0.15) is 33.6 Å². The van der Waals surface area contributed by atoms with Crippen LogP contribution >= 0.6 is 0 Å². The minimum atomic E-state index is -0.972. The fourth-order valence-electron chi connectivity index (χ4n) is 1.71. The first-order valence-electron chi connectivity index (χ1n) is 7.24. The van der Waals surface area contributed by atoms with Gasteiger partial charge >= 0.3 is 5.97 Å². The number of nitrogens with one attached hydrogen (secondary N) is 2. The van der Waals surface area contributed by atoms with Crippen molar-refractivity contribution >= 4 is 17.8 Å². The van der Waals surface area contributed by atoms with Crippen LogP contribution in [-0.4, -0.2) is 60.5 Å². The third kappa shape index (κ3) is 9.01. The van der Waals surface area contributed by atoms with Crippen molar-refractivity contribution in [3.05, 3.63) is 0 Å². The zero-order valence-electron chi connectivity index (χ0n) is 13.3. The molecule has 0 rings (SSSR count). The average molecular weight is 301 g/mol. The molecule has 0 aromatic rings. The lowest BCUT2D eigenvalue weighted by Crippen LogP contribution is -2.46. The zero-order valence-corrected chi connectivity index (χ0v) is 13.3. The Morgan fingerprint density at radius 1 is 1.24 bits per heavy atom. The molecule has 0 spiro atoms. The smallest absolute Gasteiger partial charge is 0.320 e. The minimum Gasteiger partial charge on any atom is -0.480 e. The summed E-state index contributed by atoms with van der Waals surface area (Å²) in [5, 5.41) is 14.5. The minimum absolute atomic E-state index is 0.0254. The number of rotatable bonds is 10.